The zero-order valence-corrected chi connectivity index (χ0v) is 18.9. The summed E-state index contributed by atoms with van der Waals surface area (Å²) in [4.78, 5) is 2.68. The van der Waals surface area contributed by atoms with Crippen LogP contribution < -0.4 is 0 Å². The van der Waals surface area contributed by atoms with E-state index in [2.05, 4.69) is 39.0 Å². The van der Waals surface area contributed by atoms with Crippen LogP contribution in [0.2, 0.25) is 0 Å². The summed E-state index contributed by atoms with van der Waals surface area (Å²) in [5, 5.41) is 29.3. The Bertz CT molecular complexity index is 787. The molecule has 4 heteroatoms. The van der Waals surface area contributed by atoms with Crippen LogP contribution in [-0.2, 0) is 26.1 Å². The summed E-state index contributed by atoms with van der Waals surface area (Å²) in [5.41, 5.74) is 3.63. The molecule has 0 saturated heterocycles. The molecule has 0 unspecified atom stereocenters. The Balaban J connectivity index is 1.99. The van der Waals surface area contributed by atoms with E-state index in [0.29, 0.717) is 0 Å². The lowest BCUT2D eigenvalue weighted by molar-refractivity contribution is 0.0246. The molecule has 0 aliphatic heterocycles. The van der Waals surface area contributed by atoms with Crippen molar-refractivity contribution in [1.29, 1.82) is 0 Å². The van der Waals surface area contributed by atoms with Crippen LogP contribution in [0.15, 0.2) is 36.4 Å². The quantitative estimate of drug-likeness (QED) is 0.419. The first kappa shape index (κ1) is 23.8. The third-order valence-electron chi connectivity index (χ3n) is 5.95. The number of allylic oxidation sites excluding steroid dienone is 2. The molecule has 1 aromatic heterocycles. The summed E-state index contributed by atoms with van der Waals surface area (Å²) in [5.74, 6) is 0. The van der Waals surface area contributed by atoms with Crippen molar-refractivity contribution in [3.63, 3.8) is 0 Å². The minimum Gasteiger partial charge on any atom is -0.392 e. The fourth-order valence-electron chi connectivity index (χ4n) is 3.63. The van der Waals surface area contributed by atoms with Gasteiger partial charge >= 0.3 is 0 Å². The highest BCUT2D eigenvalue weighted by atomic mass is 32.1. The lowest BCUT2D eigenvalue weighted by Gasteiger charge is -2.24. The standard InChI is InChI=1S/C25H36O3S/c1-4-20(8-7-15-25(28,5-2)6-3)24-14-13-23(29-24)12-10-19-9-11-21(17-26)22(16-19)18-27/h8-9,11,13-14,16,26-28H,4-7,10,12,15,17-18H2,1-3H3/b20-8-. The lowest BCUT2D eigenvalue weighted by atomic mass is 9.91. The maximum Gasteiger partial charge on any atom is 0.0685 e. The third kappa shape index (κ3) is 6.78. The molecule has 1 heterocycles. The number of hydrogen-bond donors (Lipinski definition) is 3. The van der Waals surface area contributed by atoms with E-state index < -0.39 is 5.60 Å². The van der Waals surface area contributed by atoms with Crippen LogP contribution in [0.3, 0.4) is 0 Å². The van der Waals surface area contributed by atoms with Crippen LogP contribution >= 0.6 is 11.3 Å². The summed E-state index contributed by atoms with van der Waals surface area (Å²) in [6.07, 6.45) is 8.53. The topological polar surface area (TPSA) is 60.7 Å². The number of hydrogen-bond acceptors (Lipinski definition) is 4. The molecule has 29 heavy (non-hydrogen) atoms. The first-order valence-corrected chi connectivity index (χ1v) is 11.6. The monoisotopic (exact) mass is 416 g/mol. The van der Waals surface area contributed by atoms with E-state index in [1.165, 1.54) is 20.9 Å². The Morgan fingerprint density at radius 3 is 2.31 bits per heavy atom. The van der Waals surface area contributed by atoms with Gasteiger partial charge in [-0.2, -0.15) is 0 Å². The zero-order valence-electron chi connectivity index (χ0n) is 18.1. The Hall–Kier alpha value is -1.46. The van der Waals surface area contributed by atoms with Crippen molar-refractivity contribution in [3.05, 3.63) is 62.9 Å². The second-order valence-electron chi connectivity index (χ2n) is 7.74. The van der Waals surface area contributed by atoms with E-state index in [4.69, 9.17) is 0 Å². The van der Waals surface area contributed by atoms with E-state index in [1.807, 2.05) is 29.5 Å². The fraction of sp³-hybridized carbons (Fsp3) is 0.520. The summed E-state index contributed by atoms with van der Waals surface area (Å²) in [6, 6.07) is 10.4. The van der Waals surface area contributed by atoms with Crippen molar-refractivity contribution < 1.29 is 15.3 Å². The minimum atomic E-state index is -0.533. The summed E-state index contributed by atoms with van der Waals surface area (Å²) >= 11 is 1.85. The molecular weight excluding hydrogens is 380 g/mol. The van der Waals surface area contributed by atoms with Gasteiger partial charge in [0.1, 0.15) is 0 Å². The summed E-state index contributed by atoms with van der Waals surface area (Å²) < 4.78 is 0. The SMILES string of the molecule is CC/C(=C/CCC(O)(CC)CC)c1ccc(CCc2ccc(CO)c(CO)c2)s1. The Morgan fingerprint density at radius 1 is 0.966 bits per heavy atom. The van der Waals surface area contributed by atoms with E-state index in [0.717, 1.165) is 56.1 Å². The molecule has 0 atom stereocenters. The van der Waals surface area contributed by atoms with Gasteiger partial charge < -0.3 is 15.3 Å². The predicted octanol–water partition coefficient (Wildman–Crippen LogP) is 5.64. The highest BCUT2D eigenvalue weighted by Gasteiger charge is 2.20. The average Bonchev–Trinajstić information content (AvgIpc) is 3.23. The van der Waals surface area contributed by atoms with Crippen LogP contribution in [0.4, 0.5) is 0 Å². The van der Waals surface area contributed by atoms with Crippen LogP contribution in [0.25, 0.3) is 5.57 Å². The molecule has 0 aliphatic carbocycles. The predicted molar refractivity (Wildman–Crippen MR) is 123 cm³/mol. The van der Waals surface area contributed by atoms with Gasteiger partial charge in [0.25, 0.3) is 0 Å². The second kappa shape index (κ2) is 11.7. The number of thiophene rings is 1. The van der Waals surface area contributed by atoms with Gasteiger partial charge in [-0.1, -0.05) is 45.0 Å². The lowest BCUT2D eigenvalue weighted by Crippen LogP contribution is -2.25. The zero-order chi connectivity index (χ0) is 21.3. The molecule has 2 rings (SSSR count). The smallest absolute Gasteiger partial charge is 0.0685 e. The highest BCUT2D eigenvalue weighted by Crippen LogP contribution is 2.29. The Labute approximate surface area is 179 Å². The minimum absolute atomic E-state index is 0.0372. The summed E-state index contributed by atoms with van der Waals surface area (Å²) in [6.45, 7) is 6.23. The molecule has 3 N–H and O–H groups in total. The molecule has 0 fully saturated rings. The van der Waals surface area contributed by atoms with Crippen molar-refractivity contribution >= 4 is 16.9 Å². The van der Waals surface area contributed by atoms with Crippen molar-refractivity contribution in [2.75, 3.05) is 0 Å². The average molecular weight is 417 g/mol. The van der Waals surface area contributed by atoms with Crippen molar-refractivity contribution in [1.82, 2.24) is 0 Å². The number of aliphatic hydroxyl groups is 3. The maximum atomic E-state index is 10.5. The molecule has 2 aromatic rings. The van der Waals surface area contributed by atoms with Gasteiger partial charge in [0.15, 0.2) is 0 Å². The van der Waals surface area contributed by atoms with Gasteiger partial charge in [0.05, 0.1) is 18.8 Å². The highest BCUT2D eigenvalue weighted by molar-refractivity contribution is 7.13. The molecule has 0 aliphatic rings. The molecular formula is C25H36O3S. The first-order chi connectivity index (χ1) is 14.0. The van der Waals surface area contributed by atoms with Crippen LogP contribution in [-0.4, -0.2) is 20.9 Å². The Kier molecular flexibility index (Phi) is 9.57. The normalized spacial score (nSPS) is 12.6. The van der Waals surface area contributed by atoms with Crippen molar-refractivity contribution in [2.45, 2.75) is 84.5 Å². The number of rotatable bonds is 12. The van der Waals surface area contributed by atoms with E-state index in [9.17, 15) is 15.3 Å². The number of aryl methyl sites for hydroxylation is 2. The summed E-state index contributed by atoms with van der Waals surface area (Å²) in [7, 11) is 0. The third-order valence-corrected chi connectivity index (χ3v) is 7.17. The van der Waals surface area contributed by atoms with Gasteiger partial charge in [0.2, 0.25) is 0 Å². The van der Waals surface area contributed by atoms with E-state index >= 15 is 0 Å². The van der Waals surface area contributed by atoms with E-state index in [1.54, 1.807) is 0 Å². The molecule has 0 saturated carbocycles. The molecule has 0 amide bonds. The first-order valence-electron chi connectivity index (χ1n) is 10.8. The number of benzene rings is 1. The maximum absolute atomic E-state index is 10.5. The fourth-order valence-corrected chi connectivity index (χ4v) is 4.74. The van der Waals surface area contributed by atoms with Gasteiger partial charge in [-0.3, -0.25) is 0 Å². The van der Waals surface area contributed by atoms with Gasteiger partial charge in [-0.05, 0) is 79.3 Å². The molecule has 1 aromatic carbocycles. The van der Waals surface area contributed by atoms with Gasteiger partial charge in [-0.15, -0.1) is 11.3 Å². The van der Waals surface area contributed by atoms with Crippen LogP contribution in [0.1, 0.15) is 79.3 Å². The molecule has 160 valence electrons. The molecule has 0 spiro atoms. The molecule has 3 nitrogen and oxygen atoms in total. The number of aliphatic hydroxyl groups excluding tert-OH is 2. The molecule has 0 bridgehead atoms. The Morgan fingerprint density at radius 2 is 1.69 bits per heavy atom. The van der Waals surface area contributed by atoms with Crippen molar-refractivity contribution in [2.24, 2.45) is 0 Å². The van der Waals surface area contributed by atoms with Crippen LogP contribution in [0, 0.1) is 0 Å². The second-order valence-corrected chi connectivity index (χ2v) is 8.91. The largest absolute Gasteiger partial charge is 0.392 e. The van der Waals surface area contributed by atoms with E-state index in [-0.39, 0.29) is 13.2 Å². The van der Waals surface area contributed by atoms with Gasteiger partial charge in [-0.25, -0.2) is 0 Å². The van der Waals surface area contributed by atoms with Gasteiger partial charge in [0, 0.05) is 9.75 Å². The van der Waals surface area contributed by atoms with Crippen LogP contribution in [0.5, 0.6) is 0 Å². The molecule has 0 radical (unpaired) electrons. The van der Waals surface area contributed by atoms with Crippen molar-refractivity contribution in [3.8, 4) is 0 Å².